The summed E-state index contributed by atoms with van der Waals surface area (Å²) in [7, 11) is 0. The number of aldehydes is 1. The number of unbranched alkanes of at least 4 members (excludes halogenated alkanes) is 8. The minimum absolute atomic E-state index is 0.0326. The number of hydrogen-bond donors (Lipinski definition) is 0. The number of nitro groups is 2. The van der Waals surface area contributed by atoms with E-state index >= 15 is 0 Å². The Kier molecular flexibility index (Phi) is 15.7. The molecule has 0 fully saturated rings. The number of rotatable bonds is 17. The molecule has 152 valence electrons. The molecule has 0 spiro atoms. The second kappa shape index (κ2) is 17.1. The fraction of sp³-hybridized carbons (Fsp3) is 0.650. The molecule has 0 N–H and O–H groups in total. The molecule has 0 aromatic heterocycles. The first-order chi connectivity index (χ1) is 13.0. The lowest BCUT2D eigenvalue weighted by Gasteiger charge is -1.98. The van der Waals surface area contributed by atoms with E-state index in [2.05, 4.69) is 6.92 Å². The Morgan fingerprint density at radius 1 is 0.741 bits per heavy atom. The lowest BCUT2D eigenvalue weighted by Crippen LogP contribution is -2.01. The average molecular weight is 380 g/mol. The zero-order valence-corrected chi connectivity index (χ0v) is 16.3. The van der Waals surface area contributed by atoms with Crippen LogP contribution >= 0.6 is 0 Å². The van der Waals surface area contributed by atoms with Gasteiger partial charge >= 0.3 is 0 Å². The van der Waals surface area contributed by atoms with Gasteiger partial charge in [0.15, 0.2) is 0 Å². The molecule has 0 aliphatic heterocycles. The lowest BCUT2D eigenvalue weighted by atomic mass is 10.1. The van der Waals surface area contributed by atoms with Crippen LogP contribution in [0, 0.1) is 20.2 Å². The zero-order chi connectivity index (χ0) is 20.3. The van der Waals surface area contributed by atoms with E-state index in [0.29, 0.717) is 19.3 Å². The van der Waals surface area contributed by atoms with Crippen molar-refractivity contribution in [1.82, 2.24) is 0 Å². The summed E-state index contributed by atoms with van der Waals surface area (Å²) in [5, 5.41) is 22.1. The first kappa shape index (κ1) is 24.7. The zero-order valence-electron chi connectivity index (χ0n) is 16.3. The first-order valence-corrected chi connectivity index (χ1v) is 9.78. The average Bonchev–Trinajstić information content (AvgIpc) is 2.63. The summed E-state index contributed by atoms with van der Waals surface area (Å²) in [6.45, 7) is 2.18. The molecule has 0 atom stereocenters. The van der Waals surface area contributed by atoms with Crippen molar-refractivity contribution in [3.05, 3.63) is 55.9 Å². The van der Waals surface area contributed by atoms with Gasteiger partial charge in [-0.05, 0) is 37.8 Å². The van der Waals surface area contributed by atoms with Gasteiger partial charge in [-0.2, -0.15) is 0 Å². The Hall–Kier alpha value is -2.31. The van der Waals surface area contributed by atoms with Crippen molar-refractivity contribution < 1.29 is 14.6 Å². The summed E-state index contributed by atoms with van der Waals surface area (Å²) < 4.78 is 0. The van der Waals surface area contributed by atoms with Crippen LogP contribution < -0.4 is 0 Å². The van der Waals surface area contributed by atoms with Crippen molar-refractivity contribution in [3.8, 4) is 0 Å². The Balaban J connectivity index is 4.42. The van der Waals surface area contributed by atoms with E-state index in [9.17, 15) is 25.0 Å². The summed E-state index contributed by atoms with van der Waals surface area (Å²) in [6, 6.07) is 0. The van der Waals surface area contributed by atoms with Gasteiger partial charge in [0, 0.05) is 6.42 Å². The second-order valence-electron chi connectivity index (χ2n) is 6.44. The van der Waals surface area contributed by atoms with Crippen LogP contribution in [0.25, 0.3) is 0 Å². The van der Waals surface area contributed by atoms with Crippen molar-refractivity contribution >= 4 is 6.29 Å². The van der Waals surface area contributed by atoms with Crippen molar-refractivity contribution in [2.45, 2.75) is 84.0 Å². The van der Waals surface area contributed by atoms with E-state index in [0.717, 1.165) is 19.1 Å². The molecule has 0 radical (unpaired) electrons. The Labute approximate surface area is 161 Å². The van der Waals surface area contributed by atoms with Crippen LogP contribution in [0.15, 0.2) is 35.7 Å². The van der Waals surface area contributed by atoms with E-state index < -0.39 is 9.85 Å². The van der Waals surface area contributed by atoms with E-state index in [4.69, 9.17) is 0 Å². The number of carbonyl (C=O) groups is 1. The molecule has 0 saturated heterocycles. The van der Waals surface area contributed by atoms with Crippen molar-refractivity contribution in [1.29, 1.82) is 0 Å². The number of nitrogens with zero attached hydrogens (tertiary/aromatic N) is 2. The molecular formula is C20H32N2O5. The van der Waals surface area contributed by atoms with Gasteiger partial charge in [-0.15, -0.1) is 0 Å². The fourth-order valence-electron chi connectivity index (χ4n) is 2.52. The highest BCUT2D eigenvalue weighted by Gasteiger charge is 2.13. The molecule has 0 rings (SSSR count). The highest BCUT2D eigenvalue weighted by molar-refractivity contribution is 5.49. The molecule has 0 unspecified atom stereocenters. The topological polar surface area (TPSA) is 103 Å². The molecule has 0 aromatic rings. The molecule has 0 aromatic carbocycles. The summed E-state index contributed by atoms with van der Waals surface area (Å²) in [5.74, 6) is 0. The van der Waals surface area contributed by atoms with Crippen LogP contribution in [-0.2, 0) is 4.79 Å². The van der Waals surface area contributed by atoms with Gasteiger partial charge in [-0.1, -0.05) is 51.2 Å². The molecule has 7 nitrogen and oxygen atoms in total. The maximum atomic E-state index is 11.1. The minimum atomic E-state index is -0.524. The predicted molar refractivity (Wildman–Crippen MR) is 106 cm³/mol. The third kappa shape index (κ3) is 14.5. The monoisotopic (exact) mass is 380 g/mol. The van der Waals surface area contributed by atoms with Gasteiger partial charge < -0.3 is 4.79 Å². The number of allylic oxidation sites excluding steroid dienone is 4. The van der Waals surface area contributed by atoms with E-state index in [1.807, 2.05) is 6.08 Å². The SMILES string of the molecule is CCCCCCCC/C=C\C/C(=C\C/C(=C\CCCC=O)[N+](=O)[O-])[N+](=O)[O-]. The summed E-state index contributed by atoms with van der Waals surface area (Å²) in [5.41, 5.74) is -0.105. The summed E-state index contributed by atoms with van der Waals surface area (Å²) in [6.07, 6.45) is 16.7. The standard InChI is InChI=1S/C20H32N2O5/c1-2-3-4-5-6-7-8-9-11-14-19(21(24)25)16-17-20(22(26)27)15-12-10-13-18-23/h9,11,15-16,18H,2-8,10,12-14,17H2,1H3/b11-9-,19-16+,20-15+. The largest absolute Gasteiger partial charge is 0.303 e. The van der Waals surface area contributed by atoms with Crippen molar-refractivity contribution in [3.63, 3.8) is 0 Å². The normalized spacial score (nSPS) is 12.5. The number of carbonyl (C=O) groups excluding carboxylic acids is 1. The van der Waals surface area contributed by atoms with Crippen molar-refractivity contribution in [2.24, 2.45) is 0 Å². The molecule has 0 aliphatic carbocycles. The molecule has 0 aliphatic rings. The first-order valence-electron chi connectivity index (χ1n) is 9.78. The molecule has 7 heteroatoms. The predicted octanol–water partition coefficient (Wildman–Crippen LogP) is 5.76. The van der Waals surface area contributed by atoms with Gasteiger partial charge in [-0.25, -0.2) is 0 Å². The van der Waals surface area contributed by atoms with E-state index in [-0.39, 0.29) is 24.2 Å². The van der Waals surface area contributed by atoms with Crippen molar-refractivity contribution in [2.75, 3.05) is 0 Å². The quantitative estimate of drug-likeness (QED) is 0.105. The molecule has 27 heavy (non-hydrogen) atoms. The Morgan fingerprint density at radius 2 is 1.37 bits per heavy atom. The highest BCUT2D eigenvalue weighted by Crippen LogP contribution is 2.13. The van der Waals surface area contributed by atoms with Gasteiger partial charge in [-0.3, -0.25) is 20.2 Å². The van der Waals surface area contributed by atoms with Crippen LogP contribution in [0.1, 0.15) is 84.0 Å². The second-order valence-corrected chi connectivity index (χ2v) is 6.44. The highest BCUT2D eigenvalue weighted by atomic mass is 16.6. The third-order valence-corrected chi connectivity index (χ3v) is 4.14. The smallest absolute Gasteiger partial charge is 0.246 e. The summed E-state index contributed by atoms with van der Waals surface area (Å²) in [4.78, 5) is 31.4. The number of hydrogen-bond acceptors (Lipinski definition) is 5. The Morgan fingerprint density at radius 3 is 2.00 bits per heavy atom. The molecule has 0 saturated carbocycles. The van der Waals surface area contributed by atoms with Crippen LogP contribution in [-0.4, -0.2) is 16.1 Å². The Bertz CT molecular complexity index is 538. The van der Waals surface area contributed by atoms with Crippen LogP contribution in [0.2, 0.25) is 0 Å². The lowest BCUT2D eigenvalue weighted by molar-refractivity contribution is -0.431. The van der Waals surface area contributed by atoms with Gasteiger partial charge in [0.1, 0.15) is 6.29 Å². The minimum Gasteiger partial charge on any atom is -0.303 e. The van der Waals surface area contributed by atoms with Gasteiger partial charge in [0.25, 0.3) is 0 Å². The van der Waals surface area contributed by atoms with Crippen LogP contribution in [0.3, 0.4) is 0 Å². The molecule has 0 heterocycles. The van der Waals surface area contributed by atoms with Gasteiger partial charge in [0.2, 0.25) is 11.4 Å². The fourth-order valence-corrected chi connectivity index (χ4v) is 2.52. The van der Waals surface area contributed by atoms with E-state index in [1.165, 1.54) is 44.3 Å². The van der Waals surface area contributed by atoms with E-state index in [1.54, 1.807) is 6.08 Å². The molecular weight excluding hydrogens is 348 g/mol. The summed E-state index contributed by atoms with van der Waals surface area (Å²) >= 11 is 0. The molecule has 0 amide bonds. The van der Waals surface area contributed by atoms with Crippen LogP contribution in [0.5, 0.6) is 0 Å². The third-order valence-electron chi connectivity index (χ3n) is 4.14. The maximum Gasteiger partial charge on any atom is 0.246 e. The van der Waals surface area contributed by atoms with Crippen LogP contribution in [0.4, 0.5) is 0 Å². The van der Waals surface area contributed by atoms with Gasteiger partial charge in [0.05, 0.1) is 22.7 Å². The molecule has 0 bridgehead atoms. The maximum absolute atomic E-state index is 11.1.